The zero-order valence-electron chi connectivity index (χ0n) is 59.0. The molecule has 0 spiro atoms. The Kier molecular flexibility index (Phi) is 34.0. The van der Waals surface area contributed by atoms with E-state index in [-0.39, 0.29) is 62.9 Å². The Balaban J connectivity index is 4.51. The van der Waals surface area contributed by atoms with E-state index in [9.17, 15) is 38.4 Å². The molecular formula is C65H115N11O14. The van der Waals surface area contributed by atoms with E-state index < -0.39 is 167 Å². The third-order valence-electron chi connectivity index (χ3n) is 16.8. The summed E-state index contributed by atoms with van der Waals surface area (Å²) in [6.45, 7) is 30.5. The number of carbonyl (C=O) groups excluding carboxylic acids is 12. The van der Waals surface area contributed by atoms with Gasteiger partial charge in [-0.3, -0.25) is 57.5 Å². The lowest BCUT2D eigenvalue weighted by atomic mass is 9.91. The van der Waals surface area contributed by atoms with E-state index in [1.54, 1.807) is 68.4 Å². The van der Waals surface area contributed by atoms with Crippen molar-refractivity contribution in [2.24, 2.45) is 41.4 Å². The van der Waals surface area contributed by atoms with Crippen molar-refractivity contribution in [3.05, 3.63) is 12.2 Å². The summed E-state index contributed by atoms with van der Waals surface area (Å²) in [6, 6.07) is -14.1. The van der Waals surface area contributed by atoms with E-state index in [1.165, 1.54) is 89.8 Å². The van der Waals surface area contributed by atoms with Gasteiger partial charge in [0.2, 0.25) is 65.0 Å². The van der Waals surface area contributed by atoms with Crippen LogP contribution < -0.4 is 26.6 Å². The highest BCUT2D eigenvalue weighted by atomic mass is 16.5. The molecule has 1 aliphatic rings. The van der Waals surface area contributed by atoms with Crippen LogP contribution >= 0.6 is 0 Å². The fourth-order valence-corrected chi connectivity index (χ4v) is 11.4. The van der Waals surface area contributed by atoms with Crippen LogP contribution in [0.4, 0.5) is 0 Å². The Morgan fingerprint density at radius 3 is 1.38 bits per heavy atom. The first-order chi connectivity index (χ1) is 41.7. The minimum Gasteiger partial charge on any atom is -0.459 e. The van der Waals surface area contributed by atoms with Crippen LogP contribution in [0.2, 0.25) is 0 Å². The summed E-state index contributed by atoms with van der Waals surface area (Å²) < 4.78 is 11.4. The van der Waals surface area contributed by atoms with E-state index in [4.69, 9.17) is 9.47 Å². The lowest BCUT2D eigenvalue weighted by Gasteiger charge is -2.42. The fraction of sp³-hybridized carbons (Fsp3) is 0.785. The summed E-state index contributed by atoms with van der Waals surface area (Å²) in [5, 5.41) is 13.8. The molecule has 1 aliphatic heterocycles. The molecule has 0 aromatic carbocycles. The molecule has 25 heteroatoms. The second-order valence-corrected chi connectivity index (χ2v) is 26.6. The lowest BCUT2D eigenvalue weighted by Crippen LogP contribution is -2.64. The van der Waals surface area contributed by atoms with Crippen molar-refractivity contribution < 1.29 is 67.0 Å². The first-order valence-electron chi connectivity index (χ1n) is 32.1. The summed E-state index contributed by atoms with van der Waals surface area (Å²) in [5.41, 5.74) is 0. The minimum atomic E-state index is -1.63. The number of hydrogen-bond donors (Lipinski definition) is 5. The van der Waals surface area contributed by atoms with Crippen molar-refractivity contribution in [2.45, 2.75) is 236 Å². The third-order valence-corrected chi connectivity index (χ3v) is 16.8. The molecule has 11 amide bonds. The number of methoxy groups -OCH3 is 1. The Bertz CT molecular complexity index is 2490. The number of amides is 11. The number of nitrogens with zero attached hydrogens (tertiary/aromatic N) is 6. The molecule has 0 unspecified atom stereocenters. The average molecular weight is 1270 g/mol. The maximum absolute atomic E-state index is 15.4. The summed E-state index contributed by atoms with van der Waals surface area (Å²) in [5.74, 6) is -11.7. The maximum atomic E-state index is 15.4. The summed E-state index contributed by atoms with van der Waals surface area (Å²) in [4.78, 5) is 183. The predicted octanol–water partition coefficient (Wildman–Crippen LogP) is 3.51. The fourth-order valence-electron chi connectivity index (χ4n) is 11.4. The molecule has 1 heterocycles. The van der Waals surface area contributed by atoms with Crippen LogP contribution in [0.1, 0.15) is 163 Å². The van der Waals surface area contributed by atoms with Gasteiger partial charge in [-0.15, -0.1) is 0 Å². The summed E-state index contributed by atoms with van der Waals surface area (Å²) >= 11 is 0. The first kappa shape index (κ1) is 81.4. The molecule has 0 aliphatic carbocycles. The monoisotopic (exact) mass is 1270 g/mol. The van der Waals surface area contributed by atoms with Crippen LogP contribution in [0, 0.1) is 41.4 Å². The van der Waals surface area contributed by atoms with Crippen molar-refractivity contribution in [3.8, 4) is 0 Å². The molecule has 0 bridgehead atoms. The quantitative estimate of drug-likeness (QED) is 0.0970. The minimum absolute atomic E-state index is 0.0251. The van der Waals surface area contributed by atoms with Crippen molar-refractivity contribution in [1.29, 1.82) is 0 Å². The van der Waals surface area contributed by atoms with Crippen LogP contribution in [0.15, 0.2) is 12.2 Å². The van der Waals surface area contributed by atoms with E-state index in [1.807, 2.05) is 47.6 Å². The standard InChI is InChI=1S/C65H115N11O14/c1-26-29-30-40(14)54(90-44(18)77)53-59(82)68-45(27-2)61(84)71(19)46(28-3)56(79)70-51(41(15)34-89-25)58(81)69-50(38(10)11)64(87)72(20)47(31-35(4)5)57(80)66-42(16)55(78)67-43(17)60(83)73(21)48(32-36(6)7)62(85)74(22)49(33-37(8)9)63(86)75(23)52(39(12)13)65(88)76(53)24/h26,29,35-43,45-54H,27-28,30-34H2,1-25H3,(H,66,80)(H,67,78)(H,68,82)(H,69,81)(H,70,79)/b29-26+/t40-,41-,42+,43-,45+,46-,47+,48+,49+,50+,51+,52+,53+,54-/m1/s1. The van der Waals surface area contributed by atoms with Crippen LogP contribution in [0.5, 0.6) is 0 Å². The van der Waals surface area contributed by atoms with Gasteiger partial charge in [0, 0.05) is 62.2 Å². The first-order valence-corrected chi connectivity index (χ1v) is 32.1. The number of nitrogens with one attached hydrogen (secondary N) is 5. The lowest BCUT2D eigenvalue weighted by molar-refractivity contribution is -0.164. The smallest absolute Gasteiger partial charge is 0.303 e. The van der Waals surface area contributed by atoms with Gasteiger partial charge in [-0.1, -0.05) is 109 Å². The molecule has 0 saturated carbocycles. The molecular weight excluding hydrogens is 1160 g/mol. The van der Waals surface area contributed by atoms with Gasteiger partial charge in [0.1, 0.15) is 72.6 Å². The van der Waals surface area contributed by atoms with Crippen molar-refractivity contribution >= 4 is 70.9 Å². The Hall–Kier alpha value is -6.66. The summed E-state index contributed by atoms with van der Waals surface area (Å²) in [7, 11) is 9.87. The zero-order valence-corrected chi connectivity index (χ0v) is 59.0. The molecule has 1 fully saturated rings. The highest BCUT2D eigenvalue weighted by Crippen LogP contribution is 2.27. The highest BCUT2D eigenvalue weighted by Gasteiger charge is 2.47. The molecule has 514 valence electrons. The second-order valence-electron chi connectivity index (χ2n) is 26.6. The molecule has 0 aromatic heterocycles. The Labute approximate surface area is 537 Å². The van der Waals surface area contributed by atoms with Gasteiger partial charge in [0.15, 0.2) is 0 Å². The van der Waals surface area contributed by atoms with E-state index in [0.29, 0.717) is 0 Å². The molecule has 0 radical (unpaired) electrons. The van der Waals surface area contributed by atoms with Gasteiger partial charge < -0.3 is 65.5 Å². The van der Waals surface area contributed by atoms with Crippen molar-refractivity contribution in [2.75, 3.05) is 56.0 Å². The number of likely N-dealkylation sites (N-methyl/N-ethyl adjacent to an activating group) is 6. The molecule has 1 rings (SSSR count). The second kappa shape index (κ2) is 37.6. The van der Waals surface area contributed by atoms with Crippen molar-refractivity contribution in [3.63, 3.8) is 0 Å². The van der Waals surface area contributed by atoms with Crippen LogP contribution in [0.25, 0.3) is 0 Å². The van der Waals surface area contributed by atoms with E-state index >= 15 is 19.2 Å². The molecule has 1 saturated heterocycles. The molecule has 14 atom stereocenters. The van der Waals surface area contributed by atoms with Crippen LogP contribution in [0.3, 0.4) is 0 Å². The van der Waals surface area contributed by atoms with Gasteiger partial charge >= 0.3 is 5.97 Å². The zero-order chi connectivity index (χ0) is 69.7. The highest BCUT2D eigenvalue weighted by molar-refractivity contribution is 6.00. The largest absolute Gasteiger partial charge is 0.459 e. The van der Waals surface area contributed by atoms with Gasteiger partial charge in [-0.2, -0.15) is 0 Å². The number of carbonyl (C=O) groups is 12. The van der Waals surface area contributed by atoms with Gasteiger partial charge in [-0.05, 0) is 94.8 Å². The number of allylic oxidation sites excluding steroid dienone is 2. The Morgan fingerprint density at radius 1 is 0.478 bits per heavy atom. The molecule has 25 nitrogen and oxygen atoms in total. The number of rotatable bonds is 18. The number of ether oxygens (including phenoxy) is 2. The molecule has 0 aromatic rings. The average Bonchev–Trinajstić information content (AvgIpc) is 0.845. The van der Waals surface area contributed by atoms with Gasteiger partial charge in [0.25, 0.3) is 0 Å². The van der Waals surface area contributed by atoms with E-state index in [2.05, 4.69) is 26.6 Å². The van der Waals surface area contributed by atoms with Crippen LogP contribution in [-0.4, -0.2) is 229 Å². The molecule has 90 heavy (non-hydrogen) atoms. The van der Waals surface area contributed by atoms with Gasteiger partial charge in [0.05, 0.1) is 6.61 Å². The molecule has 5 N–H and O–H groups in total. The van der Waals surface area contributed by atoms with Gasteiger partial charge in [-0.25, -0.2) is 0 Å². The number of hydrogen-bond acceptors (Lipinski definition) is 14. The van der Waals surface area contributed by atoms with Crippen LogP contribution in [-0.2, 0) is 67.0 Å². The maximum Gasteiger partial charge on any atom is 0.303 e. The number of esters is 1. The van der Waals surface area contributed by atoms with E-state index in [0.717, 1.165) is 9.80 Å². The topological polar surface area (TPSA) is 303 Å². The normalized spacial score (nSPS) is 27.0. The third kappa shape index (κ3) is 22.6. The van der Waals surface area contributed by atoms with Crippen molar-refractivity contribution in [1.82, 2.24) is 56.0 Å². The summed E-state index contributed by atoms with van der Waals surface area (Å²) in [6.07, 6.45) is 2.94. The SMILES string of the molecule is C/C=C/C[C@@H](C)[C@@H](OC(C)=O)[C@H]1C(=O)N[C@@H](CC)C(=O)N(C)[C@H](CC)C(=O)N[C@@H]([C@H](C)COC)C(=O)N[C@@H](C(C)C)C(=O)N(C)[C@@H](CC(C)C)C(=O)N[C@@H](C)C(=O)N[C@H](C)C(=O)N(C)[C@@H](CC(C)C)C(=O)N(C)[C@@H](CC(C)C)C(=O)N(C)[C@@H](C(C)C)C(=O)N1C. The Morgan fingerprint density at radius 2 is 0.922 bits per heavy atom. The predicted molar refractivity (Wildman–Crippen MR) is 344 cm³/mol.